The summed E-state index contributed by atoms with van der Waals surface area (Å²) in [6.07, 6.45) is -0.633. The first-order valence-corrected chi connectivity index (χ1v) is 12.3. The van der Waals surface area contributed by atoms with Crippen LogP contribution in [-0.2, 0) is 4.74 Å². The number of nitrogen functional groups attached to an aromatic ring is 1. The number of halogens is 3. The Morgan fingerprint density at radius 2 is 1.95 bits per heavy atom. The summed E-state index contributed by atoms with van der Waals surface area (Å²) < 4.78 is 46.6. The van der Waals surface area contributed by atoms with Crippen molar-refractivity contribution in [1.29, 1.82) is 0 Å². The first-order valence-electron chi connectivity index (χ1n) is 12.3. The molecule has 1 fully saturated rings. The van der Waals surface area contributed by atoms with Gasteiger partial charge in [-0.2, -0.15) is 13.2 Å². The number of amides is 1. The molecule has 0 bridgehead atoms. The van der Waals surface area contributed by atoms with Gasteiger partial charge in [0.25, 0.3) is 0 Å². The number of pyridine rings is 1. The molecule has 1 aliphatic heterocycles. The highest BCUT2D eigenvalue weighted by Gasteiger charge is 2.37. The maximum absolute atomic E-state index is 13.1. The summed E-state index contributed by atoms with van der Waals surface area (Å²) in [7, 11) is 0. The fraction of sp³-hybridized carbons (Fsp3) is 0.462. The number of aromatic nitrogens is 4. The number of nitrogens with zero attached hydrogens (tertiary/aromatic N) is 6. The summed E-state index contributed by atoms with van der Waals surface area (Å²) in [6.45, 7) is 11.4. The topological polar surface area (TPSA) is 102 Å². The molecule has 4 rings (SSSR count). The van der Waals surface area contributed by atoms with E-state index in [-0.39, 0.29) is 5.95 Å². The van der Waals surface area contributed by atoms with Crippen LogP contribution in [0.1, 0.15) is 40.5 Å². The average molecular weight is 532 g/mol. The lowest BCUT2D eigenvalue weighted by atomic mass is 10.1. The van der Waals surface area contributed by atoms with E-state index in [2.05, 4.69) is 26.4 Å². The Labute approximate surface area is 219 Å². The third-order valence-corrected chi connectivity index (χ3v) is 6.24. The van der Waals surface area contributed by atoms with E-state index in [4.69, 9.17) is 10.5 Å². The number of alkyl halides is 3. The molecule has 38 heavy (non-hydrogen) atoms. The van der Waals surface area contributed by atoms with Gasteiger partial charge < -0.3 is 24.8 Å². The Morgan fingerprint density at radius 3 is 2.58 bits per heavy atom. The molecule has 12 heteroatoms. The van der Waals surface area contributed by atoms with E-state index >= 15 is 0 Å². The second-order valence-corrected chi connectivity index (χ2v) is 10.4. The van der Waals surface area contributed by atoms with E-state index in [1.807, 2.05) is 23.8 Å². The highest BCUT2D eigenvalue weighted by molar-refractivity contribution is 6.03. The van der Waals surface area contributed by atoms with E-state index in [9.17, 15) is 18.0 Å². The van der Waals surface area contributed by atoms with Crippen LogP contribution < -0.4 is 10.6 Å². The Balaban J connectivity index is 1.71. The maximum atomic E-state index is 13.1. The van der Waals surface area contributed by atoms with Crippen LogP contribution in [-0.4, -0.2) is 68.0 Å². The van der Waals surface area contributed by atoms with Crippen molar-refractivity contribution in [2.24, 2.45) is 0 Å². The van der Waals surface area contributed by atoms with Crippen molar-refractivity contribution in [3.8, 4) is 11.3 Å². The number of carbonyl (C=O) groups excluding carboxylic acids is 1. The van der Waals surface area contributed by atoms with Gasteiger partial charge in [-0.1, -0.05) is 6.58 Å². The van der Waals surface area contributed by atoms with Crippen molar-refractivity contribution in [1.82, 2.24) is 24.4 Å². The molecule has 4 heterocycles. The molecular weight excluding hydrogens is 499 g/mol. The normalized spacial score (nSPS) is 16.2. The van der Waals surface area contributed by atoms with E-state index < -0.39 is 36.9 Å². The van der Waals surface area contributed by atoms with E-state index in [1.54, 1.807) is 39.2 Å². The molecule has 0 radical (unpaired) electrons. The number of allylic oxidation sites excluding steroid dienone is 1. The molecule has 1 aliphatic rings. The monoisotopic (exact) mass is 531 g/mol. The van der Waals surface area contributed by atoms with Crippen molar-refractivity contribution >= 4 is 34.5 Å². The van der Waals surface area contributed by atoms with Crippen molar-refractivity contribution in [2.75, 3.05) is 30.3 Å². The molecule has 3 aromatic heterocycles. The van der Waals surface area contributed by atoms with Crippen LogP contribution in [0.3, 0.4) is 0 Å². The fourth-order valence-corrected chi connectivity index (χ4v) is 4.62. The molecule has 0 aliphatic carbocycles. The first-order chi connectivity index (χ1) is 17.7. The third kappa shape index (κ3) is 6.00. The molecule has 1 unspecified atom stereocenters. The predicted octanol–water partition coefficient (Wildman–Crippen LogP) is 5.33. The molecule has 0 spiro atoms. The highest BCUT2D eigenvalue weighted by Crippen LogP contribution is 2.38. The average Bonchev–Trinajstić information content (AvgIpc) is 3.42. The third-order valence-electron chi connectivity index (χ3n) is 6.24. The van der Waals surface area contributed by atoms with Crippen molar-refractivity contribution in [2.45, 2.75) is 58.4 Å². The SMILES string of the molecule is C=C(C)n1cc(-c2ccnc(N)n2)c2c(N3CCC(N(CCC(F)(F)F)C(=O)OC(C)(C)C)C3)ccnc21. The molecule has 9 nitrogen and oxygen atoms in total. The smallest absolute Gasteiger partial charge is 0.410 e. The zero-order chi connectivity index (χ0) is 27.8. The van der Waals surface area contributed by atoms with Gasteiger partial charge in [0.2, 0.25) is 5.95 Å². The summed E-state index contributed by atoms with van der Waals surface area (Å²) in [5, 5.41) is 0.799. The lowest BCUT2D eigenvalue weighted by molar-refractivity contribution is -0.138. The molecular formula is C26H32F3N7O2. The number of hydrogen-bond acceptors (Lipinski definition) is 7. The van der Waals surface area contributed by atoms with Crippen LogP contribution in [0.5, 0.6) is 0 Å². The van der Waals surface area contributed by atoms with Gasteiger partial charge in [-0.05, 0) is 46.2 Å². The van der Waals surface area contributed by atoms with Gasteiger partial charge in [0.15, 0.2) is 0 Å². The molecule has 2 N–H and O–H groups in total. The molecule has 1 amide bonds. The maximum Gasteiger partial charge on any atom is 0.410 e. The number of nitrogens with two attached hydrogens (primary N) is 1. The van der Waals surface area contributed by atoms with Crippen LogP contribution in [0, 0.1) is 0 Å². The molecule has 0 aromatic carbocycles. The van der Waals surface area contributed by atoms with E-state index in [0.717, 1.165) is 22.3 Å². The van der Waals surface area contributed by atoms with Crippen LogP contribution >= 0.6 is 0 Å². The molecule has 0 saturated carbocycles. The summed E-state index contributed by atoms with van der Waals surface area (Å²) in [5.41, 5.74) is 8.62. The zero-order valence-corrected chi connectivity index (χ0v) is 21.9. The van der Waals surface area contributed by atoms with Gasteiger partial charge in [0.1, 0.15) is 11.2 Å². The Morgan fingerprint density at radius 1 is 1.24 bits per heavy atom. The molecule has 1 atom stereocenters. The van der Waals surface area contributed by atoms with Gasteiger partial charge in [0.05, 0.1) is 29.2 Å². The summed E-state index contributed by atoms with van der Waals surface area (Å²) in [5.74, 6) is 0.128. The van der Waals surface area contributed by atoms with Crippen LogP contribution in [0.25, 0.3) is 28.0 Å². The Bertz CT molecular complexity index is 1350. The van der Waals surface area contributed by atoms with Gasteiger partial charge in [-0.15, -0.1) is 0 Å². The van der Waals surface area contributed by atoms with Crippen molar-refractivity contribution in [3.05, 3.63) is 37.3 Å². The van der Waals surface area contributed by atoms with Gasteiger partial charge in [0, 0.05) is 49.5 Å². The van der Waals surface area contributed by atoms with Gasteiger partial charge >= 0.3 is 12.3 Å². The van der Waals surface area contributed by atoms with Gasteiger partial charge in [-0.25, -0.2) is 19.7 Å². The Kier molecular flexibility index (Phi) is 7.26. The zero-order valence-electron chi connectivity index (χ0n) is 21.9. The fourth-order valence-electron chi connectivity index (χ4n) is 4.62. The summed E-state index contributed by atoms with van der Waals surface area (Å²) in [6, 6.07) is 3.14. The Hall–Kier alpha value is -3.83. The lowest BCUT2D eigenvalue weighted by Crippen LogP contribution is -2.46. The largest absolute Gasteiger partial charge is 0.444 e. The minimum Gasteiger partial charge on any atom is -0.444 e. The van der Waals surface area contributed by atoms with E-state index in [0.29, 0.717) is 30.9 Å². The number of anilines is 2. The first kappa shape index (κ1) is 27.2. The second kappa shape index (κ2) is 10.1. The highest BCUT2D eigenvalue weighted by atomic mass is 19.4. The number of rotatable bonds is 6. The standard InChI is InChI=1S/C26H32F3N7O2/c1-16(2)36-15-18(19-6-10-32-23(30)33-19)21-20(7-11-31-22(21)36)34-12-8-17(14-34)35(13-9-26(27,28)29)24(37)38-25(3,4)5/h6-7,10-11,15,17H,1,8-9,12-14H2,2-5H3,(H2,30,32,33). The molecule has 204 valence electrons. The molecule has 1 saturated heterocycles. The van der Waals surface area contributed by atoms with Crippen molar-refractivity contribution in [3.63, 3.8) is 0 Å². The molecule has 3 aromatic rings. The lowest BCUT2D eigenvalue weighted by Gasteiger charge is -2.32. The minimum atomic E-state index is -4.39. The second-order valence-electron chi connectivity index (χ2n) is 10.4. The van der Waals surface area contributed by atoms with E-state index in [1.165, 1.54) is 4.90 Å². The number of carbonyl (C=O) groups is 1. The quantitative estimate of drug-likeness (QED) is 0.458. The summed E-state index contributed by atoms with van der Waals surface area (Å²) in [4.78, 5) is 29.1. The summed E-state index contributed by atoms with van der Waals surface area (Å²) >= 11 is 0. The minimum absolute atomic E-state index is 0.128. The predicted molar refractivity (Wildman–Crippen MR) is 140 cm³/mol. The number of fused-ring (bicyclic) bond motifs is 1. The van der Waals surface area contributed by atoms with Crippen LogP contribution in [0.15, 0.2) is 37.3 Å². The van der Waals surface area contributed by atoms with Crippen LogP contribution in [0.2, 0.25) is 0 Å². The van der Waals surface area contributed by atoms with Crippen LogP contribution in [0.4, 0.5) is 29.6 Å². The van der Waals surface area contributed by atoms with Crippen molar-refractivity contribution < 1.29 is 22.7 Å². The number of ether oxygens (including phenoxy) is 1. The number of hydrogen-bond donors (Lipinski definition) is 1. The van der Waals surface area contributed by atoms with Gasteiger partial charge in [-0.3, -0.25) is 0 Å².